The molecular formula is C15H26N4O2. The predicted octanol–water partition coefficient (Wildman–Crippen LogP) is 0.170. The van der Waals surface area contributed by atoms with E-state index >= 15 is 0 Å². The Kier molecular flexibility index (Phi) is 5.90. The van der Waals surface area contributed by atoms with Crippen LogP contribution in [0.3, 0.4) is 0 Å². The third kappa shape index (κ3) is 4.91. The lowest BCUT2D eigenvalue weighted by molar-refractivity contribution is 0.0344. The summed E-state index contributed by atoms with van der Waals surface area (Å²) in [4.78, 5) is 18.2. The largest absolute Gasteiger partial charge is 0.379 e. The Bertz CT molecular complexity index is 509. The molecule has 0 aromatic carbocycles. The minimum atomic E-state index is -0.157. The molecule has 1 fully saturated rings. The molecule has 0 amide bonds. The van der Waals surface area contributed by atoms with Gasteiger partial charge in [-0.1, -0.05) is 0 Å². The molecule has 0 saturated carbocycles. The van der Waals surface area contributed by atoms with E-state index in [2.05, 4.69) is 22.1 Å². The van der Waals surface area contributed by atoms with Gasteiger partial charge >= 0.3 is 5.69 Å². The van der Waals surface area contributed by atoms with Crippen molar-refractivity contribution in [2.75, 3.05) is 39.4 Å². The summed E-state index contributed by atoms with van der Waals surface area (Å²) < 4.78 is 7.07. The molecule has 0 radical (unpaired) electrons. The second kappa shape index (κ2) is 7.68. The maximum Gasteiger partial charge on any atom is 0.347 e. The molecule has 0 spiro atoms. The molecule has 1 aromatic rings. The fraction of sp³-hybridized carbons (Fsp3) is 0.733. The summed E-state index contributed by atoms with van der Waals surface area (Å²) in [5, 5.41) is 3.48. The number of aryl methyl sites for hydroxylation is 2. The minimum absolute atomic E-state index is 0.157. The number of nitrogens with zero attached hydrogens (tertiary/aromatic N) is 3. The van der Waals surface area contributed by atoms with Gasteiger partial charge < -0.3 is 10.1 Å². The minimum Gasteiger partial charge on any atom is -0.379 e. The Balaban J connectivity index is 1.77. The van der Waals surface area contributed by atoms with Crippen molar-refractivity contribution < 1.29 is 4.74 Å². The van der Waals surface area contributed by atoms with E-state index in [-0.39, 0.29) is 5.69 Å². The zero-order valence-electron chi connectivity index (χ0n) is 13.3. The van der Waals surface area contributed by atoms with Crippen LogP contribution in [-0.4, -0.2) is 59.9 Å². The van der Waals surface area contributed by atoms with Gasteiger partial charge in [-0.05, 0) is 26.8 Å². The summed E-state index contributed by atoms with van der Waals surface area (Å²) in [5.41, 5.74) is 1.59. The van der Waals surface area contributed by atoms with E-state index in [0.717, 1.165) is 50.8 Å². The highest BCUT2D eigenvalue weighted by molar-refractivity contribution is 5.06. The first kappa shape index (κ1) is 16.1. The highest BCUT2D eigenvalue weighted by atomic mass is 16.5. The van der Waals surface area contributed by atoms with Crippen molar-refractivity contribution in [1.29, 1.82) is 0 Å². The summed E-state index contributed by atoms with van der Waals surface area (Å²) in [6.07, 6.45) is 0. The Morgan fingerprint density at radius 1 is 1.38 bits per heavy atom. The number of nitrogens with one attached hydrogen (secondary N) is 1. The highest BCUT2D eigenvalue weighted by Crippen LogP contribution is 1.99. The van der Waals surface area contributed by atoms with Gasteiger partial charge in [-0.3, -0.25) is 9.47 Å². The van der Waals surface area contributed by atoms with E-state index in [1.54, 1.807) is 4.57 Å². The SMILES string of the molecule is Cc1cc(C)n(CCN[C@H](C)CN2CCOCC2)c(=O)n1. The van der Waals surface area contributed by atoms with Crippen molar-refractivity contribution >= 4 is 0 Å². The molecule has 6 heteroatoms. The molecule has 2 heterocycles. The van der Waals surface area contributed by atoms with E-state index < -0.39 is 0 Å². The summed E-state index contributed by atoms with van der Waals surface area (Å²) in [5.74, 6) is 0. The van der Waals surface area contributed by atoms with E-state index in [1.165, 1.54) is 0 Å². The molecule has 1 aromatic heterocycles. The molecule has 2 rings (SSSR count). The molecular weight excluding hydrogens is 268 g/mol. The van der Waals surface area contributed by atoms with E-state index in [9.17, 15) is 4.79 Å². The number of aromatic nitrogens is 2. The lowest BCUT2D eigenvalue weighted by Crippen LogP contribution is -2.45. The first-order valence-corrected chi connectivity index (χ1v) is 7.65. The third-order valence-corrected chi connectivity index (χ3v) is 3.81. The van der Waals surface area contributed by atoms with Gasteiger partial charge in [-0.25, -0.2) is 4.79 Å². The average Bonchev–Trinajstić information content (AvgIpc) is 2.42. The summed E-state index contributed by atoms with van der Waals surface area (Å²) in [6.45, 7) is 12.1. The van der Waals surface area contributed by atoms with Crippen molar-refractivity contribution in [3.8, 4) is 0 Å². The van der Waals surface area contributed by atoms with Gasteiger partial charge in [0.25, 0.3) is 0 Å². The van der Waals surface area contributed by atoms with Crippen LogP contribution in [0, 0.1) is 13.8 Å². The second-order valence-electron chi connectivity index (χ2n) is 5.74. The van der Waals surface area contributed by atoms with Gasteiger partial charge in [0.15, 0.2) is 0 Å². The lowest BCUT2D eigenvalue weighted by atomic mass is 10.3. The van der Waals surface area contributed by atoms with Gasteiger partial charge in [0.2, 0.25) is 0 Å². The van der Waals surface area contributed by atoms with Gasteiger partial charge in [-0.15, -0.1) is 0 Å². The summed E-state index contributed by atoms with van der Waals surface area (Å²) in [7, 11) is 0. The zero-order chi connectivity index (χ0) is 15.2. The van der Waals surface area contributed by atoms with Crippen molar-refractivity contribution in [3.63, 3.8) is 0 Å². The predicted molar refractivity (Wildman–Crippen MR) is 82.7 cm³/mol. The van der Waals surface area contributed by atoms with E-state index in [0.29, 0.717) is 12.6 Å². The number of hydrogen-bond acceptors (Lipinski definition) is 5. The van der Waals surface area contributed by atoms with Crippen molar-refractivity contribution in [2.45, 2.75) is 33.4 Å². The third-order valence-electron chi connectivity index (χ3n) is 3.81. The molecule has 0 aliphatic carbocycles. The molecule has 21 heavy (non-hydrogen) atoms. The Labute approximate surface area is 126 Å². The van der Waals surface area contributed by atoms with Crippen molar-refractivity contribution in [3.05, 3.63) is 27.9 Å². The van der Waals surface area contributed by atoms with Gasteiger partial charge in [0.05, 0.1) is 13.2 Å². The van der Waals surface area contributed by atoms with E-state index in [1.807, 2.05) is 19.9 Å². The average molecular weight is 294 g/mol. The van der Waals surface area contributed by atoms with Crippen LogP contribution in [0.2, 0.25) is 0 Å². The van der Waals surface area contributed by atoms with Crippen LogP contribution in [0.25, 0.3) is 0 Å². The first-order valence-electron chi connectivity index (χ1n) is 7.65. The second-order valence-corrected chi connectivity index (χ2v) is 5.74. The van der Waals surface area contributed by atoms with Crippen LogP contribution in [-0.2, 0) is 11.3 Å². The van der Waals surface area contributed by atoms with Crippen molar-refractivity contribution in [2.24, 2.45) is 0 Å². The molecule has 0 bridgehead atoms. The molecule has 6 nitrogen and oxygen atoms in total. The molecule has 1 atom stereocenters. The fourth-order valence-electron chi connectivity index (χ4n) is 2.70. The monoisotopic (exact) mass is 294 g/mol. The van der Waals surface area contributed by atoms with Crippen LogP contribution in [0.1, 0.15) is 18.3 Å². The molecule has 0 unspecified atom stereocenters. The Morgan fingerprint density at radius 2 is 2.10 bits per heavy atom. The van der Waals surface area contributed by atoms with Crippen LogP contribution in [0.5, 0.6) is 0 Å². The van der Waals surface area contributed by atoms with Crippen LogP contribution < -0.4 is 11.0 Å². The fourth-order valence-corrected chi connectivity index (χ4v) is 2.70. The standard InChI is InChI=1S/C15H26N4O2/c1-12-10-14(3)19(15(20)17-12)5-4-16-13(2)11-18-6-8-21-9-7-18/h10,13,16H,4-9,11H2,1-3H3/t13-/m1/s1. The van der Waals surface area contributed by atoms with E-state index in [4.69, 9.17) is 4.74 Å². The highest BCUT2D eigenvalue weighted by Gasteiger charge is 2.13. The maximum absolute atomic E-state index is 11.9. The molecule has 1 N–H and O–H groups in total. The molecule has 118 valence electrons. The number of hydrogen-bond donors (Lipinski definition) is 1. The van der Waals surface area contributed by atoms with Crippen LogP contribution >= 0.6 is 0 Å². The number of rotatable bonds is 6. The summed E-state index contributed by atoms with van der Waals surface area (Å²) >= 11 is 0. The molecule has 1 aliphatic heterocycles. The summed E-state index contributed by atoms with van der Waals surface area (Å²) in [6, 6.07) is 2.34. The Morgan fingerprint density at radius 3 is 2.76 bits per heavy atom. The normalized spacial score (nSPS) is 17.9. The van der Waals surface area contributed by atoms with Crippen LogP contribution in [0.15, 0.2) is 10.9 Å². The van der Waals surface area contributed by atoms with Gasteiger partial charge in [0, 0.05) is 50.2 Å². The first-order chi connectivity index (χ1) is 10.1. The number of ether oxygens (including phenoxy) is 1. The van der Waals surface area contributed by atoms with Gasteiger partial charge in [0.1, 0.15) is 0 Å². The molecule has 1 saturated heterocycles. The van der Waals surface area contributed by atoms with Gasteiger partial charge in [-0.2, -0.15) is 4.98 Å². The number of morpholine rings is 1. The maximum atomic E-state index is 11.9. The smallest absolute Gasteiger partial charge is 0.347 e. The lowest BCUT2D eigenvalue weighted by Gasteiger charge is -2.29. The van der Waals surface area contributed by atoms with Crippen LogP contribution in [0.4, 0.5) is 0 Å². The van der Waals surface area contributed by atoms with Crippen molar-refractivity contribution in [1.82, 2.24) is 19.8 Å². The quantitative estimate of drug-likeness (QED) is 0.810. The Hall–Kier alpha value is -1.24. The zero-order valence-corrected chi connectivity index (χ0v) is 13.3. The topological polar surface area (TPSA) is 59.4 Å². The molecule has 1 aliphatic rings.